The van der Waals surface area contributed by atoms with Crippen LogP contribution in [0.25, 0.3) is 0 Å². The number of hydrogen-bond donors (Lipinski definition) is 1. The van der Waals surface area contributed by atoms with E-state index in [0.717, 1.165) is 25.6 Å². The first-order valence-corrected chi connectivity index (χ1v) is 5.01. The molecule has 0 bridgehead atoms. The van der Waals surface area contributed by atoms with Gasteiger partial charge in [-0.3, -0.25) is 0 Å². The maximum absolute atomic E-state index is 13.3. The molecular formula is C11H12F3N. The Kier molecular flexibility index (Phi) is 2.95. The minimum absolute atomic E-state index is 0.266. The molecule has 1 atom stereocenters. The van der Waals surface area contributed by atoms with Crippen LogP contribution in [0, 0.1) is 23.4 Å². The third-order valence-electron chi connectivity index (χ3n) is 2.76. The molecule has 0 aliphatic carbocycles. The van der Waals surface area contributed by atoms with Crippen LogP contribution in [0.1, 0.15) is 12.0 Å². The van der Waals surface area contributed by atoms with Gasteiger partial charge in [-0.1, -0.05) is 0 Å². The predicted molar refractivity (Wildman–Crippen MR) is 51.0 cm³/mol. The van der Waals surface area contributed by atoms with Crippen molar-refractivity contribution in [2.75, 3.05) is 13.1 Å². The minimum Gasteiger partial charge on any atom is -0.316 e. The maximum atomic E-state index is 13.3. The second-order valence-electron chi connectivity index (χ2n) is 3.92. The summed E-state index contributed by atoms with van der Waals surface area (Å²) in [6.07, 6.45) is 1.43. The number of benzene rings is 1. The van der Waals surface area contributed by atoms with Gasteiger partial charge in [-0.05, 0) is 43.5 Å². The molecule has 0 aromatic heterocycles. The van der Waals surface area contributed by atoms with Crippen LogP contribution in [0.3, 0.4) is 0 Å². The van der Waals surface area contributed by atoms with Gasteiger partial charge in [-0.25, -0.2) is 13.2 Å². The largest absolute Gasteiger partial charge is 0.316 e. The first kappa shape index (κ1) is 10.5. The Morgan fingerprint density at radius 3 is 2.53 bits per heavy atom. The Morgan fingerprint density at radius 1 is 1.13 bits per heavy atom. The number of hydrogen-bond acceptors (Lipinski definition) is 1. The summed E-state index contributed by atoms with van der Waals surface area (Å²) >= 11 is 0. The van der Waals surface area contributed by atoms with E-state index in [4.69, 9.17) is 0 Å². The lowest BCUT2D eigenvalue weighted by Gasteiger charge is -2.09. The molecule has 1 N–H and O–H groups in total. The van der Waals surface area contributed by atoms with Crippen LogP contribution in [0.4, 0.5) is 13.2 Å². The highest BCUT2D eigenvalue weighted by Crippen LogP contribution is 2.20. The predicted octanol–water partition coefficient (Wildman–Crippen LogP) is 2.26. The van der Waals surface area contributed by atoms with Gasteiger partial charge in [0.15, 0.2) is 11.6 Å². The van der Waals surface area contributed by atoms with Gasteiger partial charge in [0.1, 0.15) is 5.82 Å². The SMILES string of the molecule is Fc1cc(F)c(CC2CCNC2)cc1F. The molecule has 1 aliphatic heterocycles. The summed E-state index contributed by atoms with van der Waals surface area (Å²) in [5, 5.41) is 3.15. The molecule has 4 heteroatoms. The lowest BCUT2D eigenvalue weighted by molar-refractivity contribution is 0.481. The third kappa shape index (κ3) is 2.31. The van der Waals surface area contributed by atoms with Crippen molar-refractivity contribution in [1.82, 2.24) is 5.32 Å². The van der Waals surface area contributed by atoms with Crippen LogP contribution in [0.2, 0.25) is 0 Å². The van der Waals surface area contributed by atoms with Crippen molar-refractivity contribution >= 4 is 0 Å². The Hall–Kier alpha value is -1.03. The molecule has 15 heavy (non-hydrogen) atoms. The van der Waals surface area contributed by atoms with Crippen molar-refractivity contribution in [2.24, 2.45) is 5.92 Å². The zero-order valence-electron chi connectivity index (χ0n) is 8.19. The van der Waals surface area contributed by atoms with Crippen molar-refractivity contribution in [3.05, 3.63) is 35.1 Å². The second-order valence-corrected chi connectivity index (χ2v) is 3.92. The van der Waals surface area contributed by atoms with Gasteiger partial charge in [-0.15, -0.1) is 0 Å². The van der Waals surface area contributed by atoms with E-state index in [1.807, 2.05) is 0 Å². The van der Waals surface area contributed by atoms with Gasteiger partial charge in [0, 0.05) is 6.07 Å². The first-order chi connectivity index (χ1) is 7.16. The summed E-state index contributed by atoms with van der Waals surface area (Å²) < 4.78 is 38.8. The summed E-state index contributed by atoms with van der Waals surface area (Å²) in [6, 6.07) is 1.58. The average molecular weight is 215 g/mol. The molecule has 0 saturated carbocycles. The van der Waals surface area contributed by atoms with Crippen molar-refractivity contribution in [1.29, 1.82) is 0 Å². The Labute approximate surface area is 86.3 Å². The van der Waals surface area contributed by atoms with Crippen molar-refractivity contribution in [3.8, 4) is 0 Å². The second kappa shape index (κ2) is 4.23. The van der Waals surface area contributed by atoms with E-state index < -0.39 is 17.5 Å². The van der Waals surface area contributed by atoms with E-state index in [9.17, 15) is 13.2 Å². The standard InChI is InChI=1S/C11H12F3N/c12-9-5-11(14)10(13)4-8(9)3-7-1-2-15-6-7/h4-5,7,15H,1-3,6H2. The zero-order valence-corrected chi connectivity index (χ0v) is 8.19. The molecule has 0 amide bonds. The summed E-state index contributed by atoms with van der Waals surface area (Å²) in [7, 11) is 0. The fraction of sp³-hybridized carbons (Fsp3) is 0.455. The van der Waals surface area contributed by atoms with Crippen molar-refractivity contribution < 1.29 is 13.2 Å². The Balaban J connectivity index is 2.16. The summed E-state index contributed by atoms with van der Waals surface area (Å²) in [4.78, 5) is 0. The van der Waals surface area contributed by atoms with E-state index in [1.54, 1.807) is 0 Å². The van der Waals surface area contributed by atoms with E-state index in [-0.39, 0.29) is 5.56 Å². The fourth-order valence-corrected chi connectivity index (χ4v) is 1.92. The molecular weight excluding hydrogens is 203 g/mol. The zero-order chi connectivity index (χ0) is 10.8. The molecule has 82 valence electrons. The first-order valence-electron chi connectivity index (χ1n) is 5.01. The third-order valence-corrected chi connectivity index (χ3v) is 2.76. The topological polar surface area (TPSA) is 12.0 Å². The quantitative estimate of drug-likeness (QED) is 0.746. The van der Waals surface area contributed by atoms with Crippen molar-refractivity contribution in [2.45, 2.75) is 12.8 Å². The van der Waals surface area contributed by atoms with Gasteiger partial charge < -0.3 is 5.32 Å². The molecule has 1 unspecified atom stereocenters. The smallest absolute Gasteiger partial charge is 0.161 e. The van der Waals surface area contributed by atoms with Crippen LogP contribution in [0.5, 0.6) is 0 Å². The van der Waals surface area contributed by atoms with Crippen molar-refractivity contribution in [3.63, 3.8) is 0 Å². The molecule has 1 aromatic carbocycles. The molecule has 0 radical (unpaired) electrons. The number of rotatable bonds is 2. The average Bonchev–Trinajstić information content (AvgIpc) is 2.67. The summed E-state index contributed by atoms with van der Waals surface area (Å²) in [5.74, 6) is -2.43. The minimum atomic E-state index is -1.12. The lowest BCUT2D eigenvalue weighted by atomic mass is 9.98. The highest BCUT2D eigenvalue weighted by atomic mass is 19.2. The van der Waals surface area contributed by atoms with Gasteiger partial charge in [0.05, 0.1) is 0 Å². The molecule has 1 aromatic rings. The van der Waals surface area contributed by atoms with Gasteiger partial charge in [0.2, 0.25) is 0 Å². The summed E-state index contributed by atoms with van der Waals surface area (Å²) in [5.41, 5.74) is 0.266. The van der Waals surface area contributed by atoms with E-state index in [0.29, 0.717) is 18.4 Å². The fourth-order valence-electron chi connectivity index (χ4n) is 1.92. The highest BCUT2D eigenvalue weighted by molar-refractivity contribution is 5.20. The maximum Gasteiger partial charge on any atom is 0.161 e. The monoisotopic (exact) mass is 215 g/mol. The normalized spacial score (nSPS) is 20.9. The highest BCUT2D eigenvalue weighted by Gasteiger charge is 2.18. The summed E-state index contributed by atoms with van der Waals surface area (Å²) in [6.45, 7) is 1.73. The molecule has 0 spiro atoms. The molecule has 1 fully saturated rings. The van der Waals surface area contributed by atoms with Gasteiger partial charge in [-0.2, -0.15) is 0 Å². The van der Waals surface area contributed by atoms with Crippen LogP contribution >= 0.6 is 0 Å². The number of halogens is 3. The van der Waals surface area contributed by atoms with Crippen LogP contribution in [-0.4, -0.2) is 13.1 Å². The molecule has 1 heterocycles. The van der Waals surface area contributed by atoms with E-state index in [1.165, 1.54) is 0 Å². The van der Waals surface area contributed by atoms with Crippen LogP contribution in [-0.2, 0) is 6.42 Å². The molecule has 1 aliphatic rings. The lowest BCUT2D eigenvalue weighted by Crippen LogP contribution is -2.11. The van der Waals surface area contributed by atoms with Gasteiger partial charge in [0.25, 0.3) is 0 Å². The van der Waals surface area contributed by atoms with Crippen LogP contribution in [0.15, 0.2) is 12.1 Å². The van der Waals surface area contributed by atoms with E-state index in [2.05, 4.69) is 5.32 Å². The Bertz CT molecular complexity index is 359. The van der Waals surface area contributed by atoms with Crippen LogP contribution < -0.4 is 5.32 Å². The molecule has 1 nitrogen and oxygen atoms in total. The molecule has 2 rings (SSSR count). The van der Waals surface area contributed by atoms with Gasteiger partial charge >= 0.3 is 0 Å². The molecule has 1 saturated heterocycles. The number of nitrogens with one attached hydrogen (secondary N) is 1. The van der Waals surface area contributed by atoms with E-state index >= 15 is 0 Å². The Morgan fingerprint density at radius 2 is 1.87 bits per heavy atom.